The third kappa shape index (κ3) is 4.85. The van der Waals surface area contributed by atoms with E-state index in [1.54, 1.807) is 0 Å². The average molecular weight is 234 g/mol. The SMILES string of the molecule is CCN(CCCl)Cc1ccccc1.Cl. The van der Waals surface area contributed by atoms with Crippen LogP contribution in [-0.4, -0.2) is 23.9 Å². The summed E-state index contributed by atoms with van der Waals surface area (Å²) in [5, 5.41) is 0. The van der Waals surface area contributed by atoms with Gasteiger partial charge in [-0.2, -0.15) is 0 Å². The molecule has 3 heteroatoms. The maximum absolute atomic E-state index is 5.70. The van der Waals surface area contributed by atoms with Crippen LogP contribution < -0.4 is 0 Å². The Morgan fingerprint density at radius 2 is 1.86 bits per heavy atom. The van der Waals surface area contributed by atoms with Crippen LogP contribution in [0.1, 0.15) is 12.5 Å². The highest BCUT2D eigenvalue weighted by Crippen LogP contribution is 2.03. The van der Waals surface area contributed by atoms with E-state index in [4.69, 9.17) is 11.6 Å². The van der Waals surface area contributed by atoms with Crippen LogP contribution in [0.3, 0.4) is 0 Å². The number of rotatable bonds is 5. The molecule has 1 nitrogen and oxygen atoms in total. The minimum absolute atomic E-state index is 0. The molecule has 0 N–H and O–H groups in total. The van der Waals surface area contributed by atoms with E-state index in [1.165, 1.54) is 5.56 Å². The van der Waals surface area contributed by atoms with E-state index < -0.39 is 0 Å². The Bertz CT molecular complexity index is 226. The minimum Gasteiger partial charge on any atom is -0.298 e. The largest absolute Gasteiger partial charge is 0.298 e. The molecule has 0 bridgehead atoms. The van der Waals surface area contributed by atoms with Crippen molar-refractivity contribution in [1.82, 2.24) is 4.90 Å². The van der Waals surface area contributed by atoms with E-state index in [-0.39, 0.29) is 12.4 Å². The van der Waals surface area contributed by atoms with Crippen molar-refractivity contribution in [2.75, 3.05) is 19.0 Å². The molecule has 0 amide bonds. The van der Waals surface area contributed by atoms with Crippen molar-refractivity contribution in [3.05, 3.63) is 35.9 Å². The summed E-state index contributed by atoms with van der Waals surface area (Å²) in [6.45, 7) is 5.19. The van der Waals surface area contributed by atoms with Crippen LogP contribution in [0.25, 0.3) is 0 Å². The first-order valence-electron chi connectivity index (χ1n) is 4.69. The average Bonchev–Trinajstić information content (AvgIpc) is 2.19. The highest BCUT2D eigenvalue weighted by atomic mass is 35.5. The summed E-state index contributed by atoms with van der Waals surface area (Å²) < 4.78 is 0. The normalized spacial score (nSPS) is 9.93. The molecule has 14 heavy (non-hydrogen) atoms. The monoisotopic (exact) mass is 233 g/mol. The van der Waals surface area contributed by atoms with Crippen LogP contribution >= 0.6 is 24.0 Å². The van der Waals surface area contributed by atoms with Crippen molar-refractivity contribution < 1.29 is 0 Å². The van der Waals surface area contributed by atoms with Gasteiger partial charge in [0.1, 0.15) is 0 Å². The highest BCUT2D eigenvalue weighted by molar-refractivity contribution is 6.18. The fourth-order valence-corrected chi connectivity index (χ4v) is 1.55. The van der Waals surface area contributed by atoms with Crippen LogP contribution in [0.2, 0.25) is 0 Å². The standard InChI is InChI=1S/C11H16ClN.ClH/c1-2-13(9-8-12)10-11-6-4-3-5-7-11;/h3-7H,2,8-10H2,1H3;1H. The second-order valence-electron chi connectivity index (χ2n) is 3.04. The number of hydrogen-bond donors (Lipinski definition) is 0. The van der Waals surface area contributed by atoms with Gasteiger partial charge in [-0.15, -0.1) is 24.0 Å². The molecular weight excluding hydrogens is 217 g/mol. The summed E-state index contributed by atoms with van der Waals surface area (Å²) in [5.74, 6) is 0.709. The van der Waals surface area contributed by atoms with Gasteiger partial charge < -0.3 is 0 Å². The molecule has 0 unspecified atom stereocenters. The number of hydrogen-bond acceptors (Lipinski definition) is 1. The first kappa shape index (κ1) is 13.8. The molecule has 1 aromatic rings. The fraction of sp³-hybridized carbons (Fsp3) is 0.455. The summed E-state index contributed by atoms with van der Waals surface area (Å²) in [4.78, 5) is 2.34. The molecule has 0 radical (unpaired) electrons. The van der Waals surface area contributed by atoms with Gasteiger partial charge in [0.25, 0.3) is 0 Å². The van der Waals surface area contributed by atoms with Crippen LogP contribution in [0.15, 0.2) is 30.3 Å². The van der Waals surface area contributed by atoms with Gasteiger partial charge in [-0.3, -0.25) is 4.90 Å². The summed E-state index contributed by atoms with van der Waals surface area (Å²) in [6, 6.07) is 10.5. The Labute approximate surface area is 97.5 Å². The molecule has 0 atom stereocenters. The first-order chi connectivity index (χ1) is 6.36. The van der Waals surface area contributed by atoms with Gasteiger partial charge in [0.05, 0.1) is 0 Å². The Morgan fingerprint density at radius 1 is 1.21 bits per heavy atom. The number of halogens is 2. The molecule has 0 aliphatic rings. The molecule has 80 valence electrons. The molecular formula is C11H17Cl2N. The molecule has 0 fully saturated rings. The molecule has 0 heterocycles. The molecule has 1 rings (SSSR count). The zero-order valence-corrected chi connectivity index (χ0v) is 10.0. The summed E-state index contributed by atoms with van der Waals surface area (Å²) >= 11 is 5.70. The zero-order chi connectivity index (χ0) is 9.52. The van der Waals surface area contributed by atoms with E-state index >= 15 is 0 Å². The van der Waals surface area contributed by atoms with Crippen molar-refractivity contribution in [2.24, 2.45) is 0 Å². The Balaban J connectivity index is 0.00000169. The van der Waals surface area contributed by atoms with Crippen LogP contribution in [0, 0.1) is 0 Å². The summed E-state index contributed by atoms with van der Waals surface area (Å²) in [5.41, 5.74) is 1.36. The maximum Gasteiger partial charge on any atom is 0.0351 e. The van der Waals surface area contributed by atoms with Gasteiger partial charge in [0.15, 0.2) is 0 Å². The lowest BCUT2D eigenvalue weighted by molar-refractivity contribution is 0.297. The number of alkyl halides is 1. The lowest BCUT2D eigenvalue weighted by Gasteiger charge is -2.18. The van der Waals surface area contributed by atoms with Crippen molar-refractivity contribution >= 4 is 24.0 Å². The van der Waals surface area contributed by atoms with Crippen molar-refractivity contribution in [3.8, 4) is 0 Å². The molecule has 1 aromatic carbocycles. The highest BCUT2D eigenvalue weighted by Gasteiger charge is 2.01. The van der Waals surface area contributed by atoms with Gasteiger partial charge in [-0.1, -0.05) is 37.3 Å². The van der Waals surface area contributed by atoms with Gasteiger partial charge in [0, 0.05) is 19.0 Å². The predicted octanol–water partition coefficient (Wildman–Crippen LogP) is 3.17. The second kappa shape index (κ2) is 8.10. The lowest BCUT2D eigenvalue weighted by Crippen LogP contribution is -2.24. The van der Waals surface area contributed by atoms with Gasteiger partial charge in [-0.25, -0.2) is 0 Å². The molecule has 0 saturated heterocycles. The van der Waals surface area contributed by atoms with Crippen molar-refractivity contribution in [3.63, 3.8) is 0 Å². The Morgan fingerprint density at radius 3 is 2.36 bits per heavy atom. The minimum atomic E-state index is 0. The third-order valence-electron chi connectivity index (χ3n) is 2.10. The number of benzene rings is 1. The van der Waals surface area contributed by atoms with E-state index in [2.05, 4.69) is 36.1 Å². The van der Waals surface area contributed by atoms with E-state index in [9.17, 15) is 0 Å². The quantitative estimate of drug-likeness (QED) is 0.707. The Kier molecular flexibility index (Phi) is 7.96. The van der Waals surface area contributed by atoms with E-state index in [0.717, 1.165) is 19.6 Å². The van der Waals surface area contributed by atoms with Gasteiger partial charge in [-0.05, 0) is 12.1 Å². The molecule has 0 saturated carbocycles. The Hall–Kier alpha value is -0.240. The van der Waals surface area contributed by atoms with Gasteiger partial charge in [0.2, 0.25) is 0 Å². The summed E-state index contributed by atoms with van der Waals surface area (Å²) in [6.07, 6.45) is 0. The first-order valence-corrected chi connectivity index (χ1v) is 5.22. The van der Waals surface area contributed by atoms with Crippen molar-refractivity contribution in [2.45, 2.75) is 13.5 Å². The van der Waals surface area contributed by atoms with E-state index in [0.29, 0.717) is 5.88 Å². The maximum atomic E-state index is 5.70. The van der Waals surface area contributed by atoms with E-state index in [1.807, 2.05) is 6.07 Å². The molecule has 0 spiro atoms. The van der Waals surface area contributed by atoms with Crippen LogP contribution in [-0.2, 0) is 6.54 Å². The zero-order valence-electron chi connectivity index (χ0n) is 8.45. The second-order valence-corrected chi connectivity index (χ2v) is 3.42. The topological polar surface area (TPSA) is 3.24 Å². The van der Waals surface area contributed by atoms with Crippen LogP contribution in [0.4, 0.5) is 0 Å². The summed E-state index contributed by atoms with van der Waals surface area (Å²) in [7, 11) is 0. The van der Waals surface area contributed by atoms with Crippen molar-refractivity contribution in [1.29, 1.82) is 0 Å². The predicted molar refractivity (Wildman–Crippen MR) is 65.4 cm³/mol. The number of nitrogens with zero attached hydrogens (tertiary/aromatic N) is 1. The smallest absolute Gasteiger partial charge is 0.0351 e. The molecule has 0 aromatic heterocycles. The third-order valence-corrected chi connectivity index (χ3v) is 2.27. The molecule has 0 aliphatic heterocycles. The molecule has 0 aliphatic carbocycles. The fourth-order valence-electron chi connectivity index (χ4n) is 1.31. The van der Waals surface area contributed by atoms with Crippen LogP contribution in [0.5, 0.6) is 0 Å². The van der Waals surface area contributed by atoms with Gasteiger partial charge >= 0.3 is 0 Å². The lowest BCUT2D eigenvalue weighted by atomic mass is 10.2.